The summed E-state index contributed by atoms with van der Waals surface area (Å²) in [7, 11) is -0.148. The molecule has 0 N–H and O–H groups in total. The highest BCUT2D eigenvalue weighted by molar-refractivity contribution is 7.23. The van der Waals surface area contributed by atoms with Crippen molar-refractivity contribution < 1.29 is 14.1 Å². The Labute approximate surface area is 55.6 Å². The maximum absolute atomic E-state index is 10.5. The molecule has 0 aliphatic rings. The number of hydrogen-bond acceptors (Lipinski definition) is 3. The van der Waals surface area contributed by atoms with Crippen LogP contribution in [0.2, 0.25) is 0 Å². The summed E-state index contributed by atoms with van der Waals surface area (Å²) in [6.07, 6.45) is -0.0307. The van der Waals surface area contributed by atoms with E-state index < -0.39 is 0 Å². The lowest BCUT2D eigenvalue weighted by Gasteiger charge is -2.00. The highest BCUT2D eigenvalue weighted by atomic mass is 31.1. The molecule has 0 rings (SSSR count). The highest BCUT2D eigenvalue weighted by Gasteiger charge is 2.06. The first kappa shape index (κ1) is 8.57. The predicted octanol–water partition coefficient (Wildman–Crippen LogP) is 1.43. The molecular weight excluding hydrogens is 139 g/mol. The van der Waals surface area contributed by atoms with Gasteiger partial charge < -0.3 is 4.74 Å². The van der Waals surface area contributed by atoms with Crippen LogP contribution in [0.5, 0.6) is 0 Å². The van der Waals surface area contributed by atoms with Gasteiger partial charge in [0.15, 0.2) is 14.8 Å². The van der Waals surface area contributed by atoms with Gasteiger partial charge >= 0.3 is 5.97 Å². The smallest absolute Gasteiger partial charge is 0.309 e. The van der Waals surface area contributed by atoms with Gasteiger partial charge in [0.2, 0.25) is 0 Å². The summed E-state index contributed by atoms with van der Waals surface area (Å²) in [5.41, 5.74) is 0. The first-order valence-corrected chi connectivity index (χ1v) is 3.64. The van der Waals surface area contributed by atoms with Crippen molar-refractivity contribution in [3.63, 3.8) is 0 Å². The topological polar surface area (TPSA) is 43.4 Å². The second-order valence-corrected chi connectivity index (χ2v) is 2.39. The van der Waals surface area contributed by atoms with E-state index in [1.165, 1.54) is 0 Å². The summed E-state index contributed by atoms with van der Waals surface area (Å²) in [5, 5.41) is 0. The van der Waals surface area contributed by atoms with Crippen molar-refractivity contribution in [2.24, 2.45) is 5.92 Å². The molecule has 52 valence electrons. The molecule has 4 heteroatoms. The third-order valence-corrected chi connectivity index (χ3v) is 0.965. The van der Waals surface area contributed by atoms with E-state index in [0.29, 0.717) is 0 Å². The van der Waals surface area contributed by atoms with E-state index in [2.05, 4.69) is 4.74 Å². The molecule has 3 nitrogen and oxygen atoms in total. The fraction of sp³-hybridized carbons (Fsp3) is 0.800. The van der Waals surface area contributed by atoms with Crippen molar-refractivity contribution in [2.75, 3.05) is 6.35 Å². The van der Waals surface area contributed by atoms with E-state index >= 15 is 0 Å². The minimum absolute atomic E-state index is 0.0307. The van der Waals surface area contributed by atoms with Crippen LogP contribution in [0.3, 0.4) is 0 Å². The molecule has 0 spiro atoms. The van der Waals surface area contributed by atoms with Crippen LogP contribution in [0, 0.1) is 5.92 Å². The van der Waals surface area contributed by atoms with Crippen LogP contribution in [0.1, 0.15) is 13.8 Å². The summed E-state index contributed by atoms with van der Waals surface area (Å²) in [6, 6.07) is 0. The number of rotatable bonds is 3. The van der Waals surface area contributed by atoms with Crippen LogP contribution < -0.4 is 0 Å². The number of esters is 1. The molecule has 0 aromatic rings. The zero-order valence-electron chi connectivity index (χ0n) is 5.46. The van der Waals surface area contributed by atoms with Gasteiger partial charge in [-0.2, -0.15) is 0 Å². The Morgan fingerprint density at radius 1 is 1.67 bits per heavy atom. The van der Waals surface area contributed by atoms with E-state index in [1.54, 1.807) is 13.8 Å². The average molecular weight is 148 g/mol. The van der Waals surface area contributed by atoms with Crippen LogP contribution in [0.15, 0.2) is 0 Å². The summed E-state index contributed by atoms with van der Waals surface area (Å²) in [6.45, 7) is 3.45. The third-order valence-electron chi connectivity index (χ3n) is 0.731. The van der Waals surface area contributed by atoms with Gasteiger partial charge in [0.05, 0.1) is 5.92 Å². The fourth-order valence-electron chi connectivity index (χ4n) is 0.257. The Hall–Kier alpha value is -0.430. The lowest BCUT2D eigenvalue weighted by atomic mass is 10.2. The molecule has 0 bridgehead atoms. The van der Waals surface area contributed by atoms with Crippen molar-refractivity contribution in [1.29, 1.82) is 0 Å². The second kappa shape index (κ2) is 4.45. The molecule has 0 aromatic carbocycles. The van der Waals surface area contributed by atoms with Crippen molar-refractivity contribution in [3.8, 4) is 0 Å². The van der Waals surface area contributed by atoms with Crippen molar-refractivity contribution in [3.05, 3.63) is 0 Å². The minimum Gasteiger partial charge on any atom is -0.453 e. The van der Waals surface area contributed by atoms with Crippen LogP contribution in [-0.4, -0.2) is 12.3 Å². The molecule has 9 heavy (non-hydrogen) atoms. The molecule has 0 radical (unpaired) electrons. The normalized spacial score (nSPS) is 10.1. The average Bonchev–Trinajstić information content (AvgIpc) is 1.82. The van der Waals surface area contributed by atoms with Crippen LogP contribution in [-0.2, 0) is 14.1 Å². The van der Waals surface area contributed by atoms with Gasteiger partial charge in [-0.15, -0.1) is 0 Å². The van der Waals surface area contributed by atoms with E-state index in [1.807, 2.05) is 0 Å². The van der Waals surface area contributed by atoms with Gasteiger partial charge in [-0.1, -0.05) is 13.8 Å². The lowest BCUT2D eigenvalue weighted by Crippen LogP contribution is -2.09. The zero-order chi connectivity index (χ0) is 7.28. The van der Waals surface area contributed by atoms with E-state index in [-0.39, 0.29) is 26.7 Å². The maximum atomic E-state index is 10.5. The number of ether oxygens (including phenoxy) is 1. The van der Waals surface area contributed by atoms with Gasteiger partial charge in [-0.25, -0.2) is 0 Å². The summed E-state index contributed by atoms with van der Waals surface area (Å²) < 4.78 is 14.2. The van der Waals surface area contributed by atoms with Crippen molar-refractivity contribution in [1.82, 2.24) is 0 Å². The van der Waals surface area contributed by atoms with E-state index in [0.717, 1.165) is 0 Å². The monoisotopic (exact) mass is 148 g/mol. The molecule has 0 aromatic heterocycles. The zero-order valence-corrected chi connectivity index (χ0v) is 6.35. The summed E-state index contributed by atoms with van der Waals surface area (Å²) in [5.74, 6) is -0.440. The predicted molar refractivity (Wildman–Crippen MR) is 33.4 cm³/mol. The molecule has 0 unspecified atom stereocenters. The number of carbonyl (C=O) groups is 1. The molecule has 0 atom stereocenters. The molecule has 0 saturated carbocycles. The van der Waals surface area contributed by atoms with Crippen LogP contribution in [0.4, 0.5) is 0 Å². The largest absolute Gasteiger partial charge is 0.453 e. The Morgan fingerprint density at radius 2 is 2.22 bits per heavy atom. The third kappa shape index (κ3) is 4.10. The van der Waals surface area contributed by atoms with Gasteiger partial charge in [-0.3, -0.25) is 9.36 Å². The van der Waals surface area contributed by atoms with Crippen LogP contribution >= 0.6 is 8.46 Å². The minimum atomic E-state index is -0.307. The SMILES string of the molecule is CC(C)C(=O)OCP=O. The highest BCUT2D eigenvalue weighted by Crippen LogP contribution is 1.99. The van der Waals surface area contributed by atoms with Crippen LogP contribution in [0.25, 0.3) is 0 Å². The Kier molecular flexibility index (Phi) is 4.24. The lowest BCUT2D eigenvalue weighted by molar-refractivity contribution is -0.145. The number of hydrogen-bond donors (Lipinski definition) is 0. The van der Waals surface area contributed by atoms with Crippen molar-refractivity contribution in [2.45, 2.75) is 13.8 Å². The molecule has 0 aliphatic carbocycles. The Morgan fingerprint density at radius 3 is 2.56 bits per heavy atom. The maximum Gasteiger partial charge on any atom is 0.309 e. The number of carbonyl (C=O) groups excluding carboxylic acids is 1. The van der Waals surface area contributed by atoms with Gasteiger partial charge in [0, 0.05) is 0 Å². The van der Waals surface area contributed by atoms with Gasteiger partial charge in [0.25, 0.3) is 0 Å². The van der Waals surface area contributed by atoms with E-state index in [9.17, 15) is 9.36 Å². The Bertz CT molecular complexity index is 111. The standard InChI is InChI=1S/C5H9O3P/c1-4(2)5(6)8-3-9-7/h4H,3H2,1-2H3. The molecule has 0 saturated heterocycles. The van der Waals surface area contributed by atoms with Gasteiger partial charge in [0.1, 0.15) is 0 Å². The van der Waals surface area contributed by atoms with E-state index in [4.69, 9.17) is 0 Å². The first-order chi connectivity index (χ1) is 4.18. The quantitative estimate of drug-likeness (QED) is 0.449. The molecular formula is C5H9O3P. The summed E-state index contributed by atoms with van der Waals surface area (Å²) >= 11 is 0. The molecule has 0 aliphatic heterocycles. The molecule has 0 heterocycles. The first-order valence-electron chi connectivity index (χ1n) is 2.64. The Balaban J connectivity index is 3.38. The second-order valence-electron chi connectivity index (χ2n) is 1.88. The molecule has 0 amide bonds. The molecule has 0 fully saturated rings. The summed E-state index contributed by atoms with van der Waals surface area (Å²) in [4.78, 5) is 10.5. The van der Waals surface area contributed by atoms with Gasteiger partial charge in [-0.05, 0) is 0 Å². The fourth-order valence-corrected chi connectivity index (χ4v) is 0.437. The van der Waals surface area contributed by atoms with Crippen molar-refractivity contribution >= 4 is 14.4 Å².